The van der Waals surface area contributed by atoms with Gasteiger partial charge in [0.25, 0.3) is 0 Å². The molecular formula is C19H29BrN3. The molecule has 0 N–H and O–H groups in total. The summed E-state index contributed by atoms with van der Waals surface area (Å²) in [6.07, 6.45) is 2.66. The maximum Gasteiger partial charge on any atom is 0.0423 e. The predicted molar refractivity (Wildman–Crippen MR) is 102 cm³/mol. The lowest BCUT2D eigenvalue weighted by atomic mass is 10.1. The maximum absolute atomic E-state index is 3.65. The van der Waals surface area contributed by atoms with Gasteiger partial charge in [-0.15, -0.1) is 0 Å². The van der Waals surface area contributed by atoms with E-state index in [1.165, 1.54) is 73.8 Å². The molecule has 0 bridgehead atoms. The summed E-state index contributed by atoms with van der Waals surface area (Å²) in [7, 11) is 0. The Morgan fingerprint density at radius 1 is 0.957 bits per heavy atom. The molecule has 2 aliphatic heterocycles. The molecule has 2 saturated heterocycles. The Labute approximate surface area is 149 Å². The molecule has 3 nitrogen and oxygen atoms in total. The smallest absolute Gasteiger partial charge is 0.0423 e. The molecule has 2 heterocycles. The van der Waals surface area contributed by atoms with Crippen LogP contribution < -0.4 is 4.90 Å². The van der Waals surface area contributed by atoms with Gasteiger partial charge in [0.05, 0.1) is 0 Å². The number of halogens is 1. The van der Waals surface area contributed by atoms with Gasteiger partial charge >= 0.3 is 0 Å². The lowest BCUT2D eigenvalue weighted by Crippen LogP contribution is -2.46. The summed E-state index contributed by atoms with van der Waals surface area (Å²) in [4.78, 5) is 7.75. The molecule has 4 heteroatoms. The molecule has 23 heavy (non-hydrogen) atoms. The number of hydrogen-bond acceptors (Lipinski definition) is 3. The molecule has 127 valence electrons. The van der Waals surface area contributed by atoms with Crippen molar-refractivity contribution in [2.24, 2.45) is 0 Å². The van der Waals surface area contributed by atoms with Crippen LogP contribution in [-0.4, -0.2) is 55.6 Å². The summed E-state index contributed by atoms with van der Waals surface area (Å²) in [6.45, 7) is 13.9. The van der Waals surface area contributed by atoms with Gasteiger partial charge in [-0.25, -0.2) is 0 Å². The van der Waals surface area contributed by atoms with Gasteiger partial charge in [-0.05, 0) is 36.5 Å². The Kier molecular flexibility index (Phi) is 6.00. The van der Waals surface area contributed by atoms with Crippen molar-refractivity contribution in [2.75, 3.05) is 50.7 Å². The number of piperazine rings is 1. The highest BCUT2D eigenvalue weighted by Gasteiger charge is 2.21. The number of rotatable bonds is 5. The van der Waals surface area contributed by atoms with Crippen LogP contribution in [0.3, 0.4) is 0 Å². The van der Waals surface area contributed by atoms with Crippen LogP contribution in [0.15, 0.2) is 22.7 Å². The van der Waals surface area contributed by atoms with E-state index in [0.29, 0.717) is 0 Å². The van der Waals surface area contributed by atoms with E-state index >= 15 is 0 Å². The average Bonchev–Trinajstić information content (AvgIpc) is 3.04. The summed E-state index contributed by atoms with van der Waals surface area (Å²) >= 11 is 3.65. The van der Waals surface area contributed by atoms with Crippen LogP contribution in [0.5, 0.6) is 0 Å². The lowest BCUT2D eigenvalue weighted by molar-refractivity contribution is 0.131. The van der Waals surface area contributed by atoms with Gasteiger partial charge in [0.2, 0.25) is 0 Å². The Hall–Kier alpha value is -0.580. The van der Waals surface area contributed by atoms with Crippen molar-refractivity contribution < 1.29 is 0 Å². The van der Waals surface area contributed by atoms with Crippen molar-refractivity contribution in [3.8, 4) is 0 Å². The molecule has 0 saturated carbocycles. The molecule has 0 aliphatic carbocycles. The van der Waals surface area contributed by atoms with Crippen molar-refractivity contribution in [3.63, 3.8) is 0 Å². The molecule has 2 aliphatic rings. The van der Waals surface area contributed by atoms with Crippen LogP contribution in [0.25, 0.3) is 0 Å². The van der Waals surface area contributed by atoms with Crippen molar-refractivity contribution in [1.29, 1.82) is 0 Å². The molecular weight excluding hydrogens is 350 g/mol. The summed E-state index contributed by atoms with van der Waals surface area (Å²) < 4.78 is 1.20. The molecule has 2 fully saturated rings. The van der Waals surface area contributed by atoms with E-state index in [1.54, 1.807) is 0 Å². The standard InChI is InChI=1S/C19H29BrN3/c1-16(2)14-21-9-11-22(12-10-21)15-17-5-6-18(20)13-19(17)23-7-3-4-8-23/h5-6,13H,3-4,7-12,14-15H2,1-2H3. The first kappa shape index (κ1) is 17.2. The summed E-state index contributed by atoms with van der Waals surface area (Å²) in [6, 6.07) is 6.82. The molecule has 0 atom stereocenters. The zero-order chi connectivity index (χ0) is 16.2. The topological polar surface area (TPSA) is 9.72 Å². The van der Waals surface area contributed by atoms with Gasteiger partial charge in [-0.2, -0.15) is 0 Å². The zero-order valence-electron chi connectivity index (χ0n) is 14.5. The third kappa shape index (κ3) is 4.71. The van der Waals surface area contributed by atoms with Crippen molar-refractivity contribution in [3.05, 3.63) is 34.2 Å². The molecule has 3 rings (SSSR count). The van der Waals surface area contributed by atoms with Gasteiger partial charge in [-0.1, -0.05) is 35.8 Å². The monoisotopic (exact) mass is 378 g/mol. The molecule has 1 radical (unpaired) electrons. The maximum atomic E-state index is 3.65. The fourth-order valence-corrected chi connectivity index (χ4v) is 4.07. The first-order valence-corrected chi connectivity index (χ1v) is 9.68. The highest BCUT2D eigenvalue weighted by Crippen LogP contribution is 2.29. The second kappa shape index (κ2) is 8.00. The van der Waals surface area contributed by atoms with Gasteiger partial charge < -0.3 is 9.80 Å². The quantitative estimate of drug-likeness (QED) is 0.771. The predicted octanol–water partition coefficient (Wildman–Crippen LogP) is 3.78. The Balaban J connectivity index is 1.62. The molecule has 0 aromatic heterocycles. The van der Waals surface area contributed by atoms with E-state index in [2.05, 4.69) is 62.7 Å². The first-order valence-electron chi connectivity index (χ1n) is 8.89. The highest BCUT2D eigenvalue weighted by molar-refractivity contribution is 9.10. The molecule has 0 amide bonds. The van der Waals surface area contributed by atoms with Gasteiger partial charge in [0.15, 0.2) is 0 Å². The van der Waals surface area contributed by atoms with E-state index in [9.17, 15) is 0 Å². The second-order valence-corrected chi connectivity index (χ2v) is 8.14. The number of anilines is 1. The largest absolute Gasteiger partial charge is 0.371 e. The fourth-order valence-electron chi connectivity index (χ4n) is 3.72. The van der Waals surface area contributed by atoms with Gasteiger partial charge in [0, 0.05) is 62.5 Å². The summed E-state index contributed by atoms with van der Waals surface area (Å²) in [5.74, 6) is 1.52. The Morgan fingerprint density at radius 2 is 1.61 bits per heavy atom. The number of benzene rings is 1. The molecule has 0 spiro atoms. The van der Waals surface area contributed by atoms with Gasteiger partial charge in [0.1, 0.15) is 0 Å². The van der Waals surface area contributed by atoms with Crippen molar-refractivity contribution in [2.45, 2.75) is 33.2 Å². The van der Waals surface area contributed by atoms with E-state index in [-0.39, 0.29) is 0 Å². The zero-order valence-corrected chi connectivity index (χ0v) is 16.1. The molecule has 1 aromatic rings. The van der Waals surface area contributed by atoms with Crippen LogP contribution in [0.2, 0.25) is 0 Å². The van der Waals surface area contributed by atoms with Crippen LogP contribution in [0.4, 0.5) is 5.69 Å². The average molecular weight is 379 g/mol. The van der Waals surface area contributed by atoms with Gasteiger partial charge in [-0.3, -0.25) is 4.90 Å². The lowest BCUT2D eigenvalue weighted by Gasteiger charge is -2.36. The minimum Gasteiger partial charge on any atom is -0.371 e. The molecule has 1 aromatic carbocycles. The van der Waals surface area contributed by atoms with E-state index in [1.807, 2.05) is 0 Å². The molecule has 0 unspecified atom stereocenters. The number of hydrogen-bond donors (Lipinski definition) is 0. The normalized spacial score (nSPS) is 20.6. The fraction of sp³-hybridized carbons (Fsp3) is 0.632. The van der Waals surface area contributed by atoms with E-state index < -0.39 is 0 Å². The highest BCUT2D eigenvalue weighted by atomic mass is 79.9. The van der Waals surface area contributed by atoms with E-state index in [4.69, 9.17) is 0 Å². The SMILES string of the molecule is C[C](C)CN1CCN(Cc2ccc(Br)cc2N2CCCC2)CC1. The Bertz CT molecular complexity index is 503. The summed E-state index contributed by atoms with van der Waals surface area (Å²) in [5.41, 5.74) is 2.93. The van der Waals surface area contributed by atoms with Crippen molar-refractivity contribution >= 4 is 21.6 Å². The second-order valence-electron chi connectivity index (χ2n) is 7.23. The van der Waals surface area contributed by atoms with Crippen LogP contribution >= 0.6 is 15.9 Å². The van der Waals surface area contributed by atoms with Crippen molar-refractivity contribution in [1.82, 2.24) is 9.80 Å². The first-order chi connectivity index (χ1) is 11.1. The van der Waals surface area contributed by atoms with Crippen LogP contribution in [-0.2, 0) is 6.54 Å². The van der Waals surface area contributed by atoms with Crippen LogP contribution in [0.1, 0.15) is 32.3 Å². The third-order valence-corrected chi connectivity index (χ3v) is 5.39. The third-order valence-electron chi connectivity index (χ3n) is 4.89. The number of nitrogens with zero attached hydrogens (tertiary/aromatic N) is 3. The minimum absolute atomic E-state index is 1.09. The Morgan fingerprint density at radius 3 is 2.26 bits per heavy atom. The van der Waals surface area contributed by atoms with E-state index in [0.717, 1.165) is 13.1 Å². The summed E-state index contributed by atoms with van der Waals surface area (Å²) in [5, 5.41) is 0. The van der Waals surface area contributed by atoms with Crippen LogP contribution in [0, 0.1) is 5.92 Å². The minimum atomic E-state index is 1.09.